The summed E-state index contributed by atoms with van der Waals surface area (Å²) in [5.41, 5.74) is 0.0906. The third-order valence-corrected chi connectivity index (χ3v) is 2.47. The monoisotopic (exact) mass is 349 g/mol. The summed E-state index contributed by atoms with van der Waals surface area (Å²) in [6.07, 6.45) is -0.488. The van der Waals surface area contributed by atoms with Gasteiger partial charge in [0.2, 0.25) is 0 Å². The van der Waals surface area contributed by atoms with Crippen molar-refractivity contribution in [3.63, 3.8) is 0 Å². The molecule has 0 aromatic heterocycles. The molecule has 0 bridgehead atoms. The van der Waals surface area contributed by atoms with Gasteiger partial charge < -0.3 is 9.47 Å². The Morgan fingerprint density at radius 1 is 1.35 bits per heavy atom. The zero-order valence-electron chi connectivity index (χ0n) is 10.3. The summed E-state index contributed by atoms with van der Waals surface area (Å²) in [7, 11) is 1.56. The first-order valence-corrected chi connectivity index (χ1v) is 6.23. The molecular formula is C12H16INO3. The highest BCUT2D eigenvalue weighted by Gasteiger charge is 2.17. The minimum Gasteiger partial charge on any atom is -0.495 e. The maximum atomic E-state index is 11.6. The molecule has 17 heavy (non-hydrogen) atoms. The first-order chi connectivity index (χ1) is 7.81. The number of benzene rings is 1. The van der Waals surface area contributed by atoms with Crippen LogP contribution in [0.15, 0.2) is 18.2 Å². The van der Waals surface area contributed by atoms with Gasteiger partial charge in [-0.15, -0.1) is 0 Å². The summed E-state index contributed by atoms with van der Waals surface area (Å²) >= 11 is 2.17. The number of hydrogen-bond donors (Lipinski definition) is 1. The Morgan fingerprint density at radius 2 is 2.00 bits per heavy atom. The topological polar surface area (TPSA) is 47.6 Å². The van der Waals surface area contributed by atoms with E-state index in [2.05, 4.69) is 27.9 Å². The summed E-state index contributed by atoms with van der Waals surface area (Å²) in [5.74, 6) is 0.608. The van der Waals surface area contributed by atoms with Crippen LogP contribution in [-0.2, 0) is 4.74 Å². The van der Waals surface area contributed by atoms with E-state index in [1.807, 2.05) is 32.9 Å². The van der Waals surface area contributed by atoms with Crippen molar-refractivity contribution in [3.8, 4) is 5.75 Å². The number of anilines is 1. The Morgan fingerprint density at radius 3 is 2.53 bits per heavy atom. The molecule has 5 heteroatoms. The van der Waals surface area contributed by atoms with Crippen LogP contribution in [0.25, 0.3) is 0 Å². The van der Waals surface area contributed by atoms with E-state index in [0.29, 0.717) is 11.4 Å². The average molecular weight is 349 g/mol. The summed E-state index contributed by atoms with van der Waals surface area (Å²) in [5, 5.41) is 2.67. The Balaban J connectivity index is 2.80. The van der Waals surface area contributed by atoms with E-state index in [0.717, 1.165) is 3.57 Å². The predicted octanol–water partition coefficient (Wildman–Crippen LogP) is 3.65. The molecule has 1 rings (SSSR count). The normalized spacial score (nSPS) is 10.9. The van der Waals surface area contributed by atoms with Gasteiger partial charge in [-0.2, -0.15) is 0 Å². The van der Waals surface area contributed by atoms with Crippen LogP contribution in [-0.4, -0.2) is 18.8 Å². The second-order valence-electron chi connectivity index (χ2n) is 4.47. The van der Waals surface area contributed by atoms with Crippen LogP contribution in [0, 0.1) is 3.57 Å². The predicted molar refractivity (Wildman–Crippen MR) is 75.6 cm³/mol. The van der Waals surface area contributed by atoms with Gasteiger partial charge >= 0.3 is 6.09 Å². The molecule has 0 aliphatic rings. The average Bonchev–Trinajstić information content (AvgIpc) is 2.14. The van der Waals surface area contributed by atoms with Crippen LogP contribution in [0.2, 0.25) is 0 Å². The lowest BCUT2D eigenvalue weighted by Gasteiger charge is -2.20. The molecule has 1 amide bonds. The molecule has 1 N–H and O–H groups in total. The molecule has 0 radical (unpaired) electrons. The molecule has 0 saturated heterocycles. The number of carbonyl (C=O) groups excluding carboxylic acids is 1. The first-order valence-electron chi connectivity index (χ1n) is 5.15. The fraction of sp³-hybridized carbons (Fsp3) is 0.417. The van der Waals surface area contributed by atoms with E-state index in [9.17, 15) is 4.79 Å². The number of hydrogen-bond acceptors (Lipinski definition) is 3. The molecular weight excluding hydrogens is 333 g/mol. The Labute approximate surface area is 115 Å². The van der Waals surface area contributed by atoms with Crippen molar-refractivity contribution in [2.75, 3.05) is 12.4 Å². The molecule has 0 fully saturated rings. The van der Waals surface area contributed by atoms with Gasteiger partial charge in [-0.1, -0.05) is 0 Å². The van der Waals surface area contributed by atoms with Gasteiger partial charge in [-0.25, -0.2) is 4.79 Å². The van der Waals surface area contributed by atoms with Crippen LogP contribution < -0.4 is 10.1 Å². The van der Waals surface area contributed by atoms with Crippen molar-refractivity contribution in [1.82, 2.24) is 0 Å². The van der Waals surface area contributed by atoms with Crippen LogP contribution in [0.3, 0.4) is 0 Å². The molecule has 0 saturated carbocycles. The Bertz CT molecular complexity index is 413. The van der Waals surface area contributed by atoms with Crippen LogP contribution in [0.1, 0.15) is 20.8 Å². The number of nitrogens with one attached hydrogen (secondary N) is 1. The van der Waals surface area contributed by atoms with E-state index < -0.39 is 11.7 Å². The molecule has 0 aliphatic carbocycles. The molecule has 4 nitrogen and oxygen atoms in total. The molecule has 0 atom stereocenters. The summed E-state index contributed by atoms with van der Waals surface area (Å²) in [6.45, 7) is 5.45. The third-order valence-electron chi connectivity index (χ3n) is 1.80. The highest BCUT2D eigenvalue weighted by molar-refractivity contribution is 14.1. The molecule has 0 spiro atoms. The smallest absolute Gasteiger partial charge is 0.412 e. The highest BCUT2D eigenvalue weighted by atomic mass is 127. The van der Waals surface area contributed by atoms with Crippen molar-refractivity contribution in [2.24, 2.45) is 0 Å². The van der Waals surface area contributed by atoms with Gasteiger partial charge in [0.1, 0.15) is 11.4 Å². The summed E-state index contributed by atoms with van der Waals surface area (Å²) < 4.78 is 11.3. The van der Waals surface area contributed by atoms with Gasteiger partial charge in [-0.3, -0.25) is 5.32 Å². The minimum atomic E-state index is -0.515. The minimum absolute atomic E-state index is 0.488. The van der Waals surface area contributed by atoms with Crippen molar-refractivity contribution >= 4 is 34.4 Å². The number of halogens is 1. The zero-order valence-corrected chi connectivity index (χ0v) is 12.5. The van der Waals surface area contributed by atoms with Crippen molar-refractivity contribution < 1.29 is 14.3 Å². The standard InChI is InChI=1S/C12H16INO3/c1-12(2,3)17-11(15)14-9-7-8(13)5-6-10(9)16-4/h5-7H,1-4H3,(H,14,15). The number of ether oxygens (including phenoxy) is 2. The van der Waals surface area contributed by atoms with E-state index in [1.165, 1.54) is 0 Å². The molecule has 0 unspecified atom stereocenters. The van der Waals surface area contributed by atoms with E-state index in [4.69, 9.17) is 9.47 Å². The van der Waals surface area contributed by atoms with E-state index >= 15 is 0 Å². The fourth-order valence-corrected chi connectivity index (χ4v) is 1.68. The molecule has 0 aliphatic heterocycles. The van der Waals surface area contributed by atoms with Crippen molar-refractivity contribution in [3.05, 3.63) is 21.8 Å². The molecule has 94 valence electrons. The lowest BCUT2D eigenvalue weighted by Crippen LogP contribution is -2.27. The van der Waals surface area contributed by atoms with Gasteiger partial charge in [0, 0.05) is 3.57 Å². The molecule has 1 aromatic carbocycles. The largest absolute Gasteiger partial charge is 0.495 e. The summed E-state index contributed by atoms with van der Waals surface area (Å²) in [6, 6.07) is 5.53. The number of methoxy groups -OCH3 is 1. The lowest BCUT2D eigenvalue weighted by molar-refractivity contribution is 0.0635. The second-order valence-corrected chi connectivity index (χ2v) is 5.72. The third kappa shape index (κ3) is 4.80. The zero-order chi connectivity index (χ0) is 13.1. The Kier molecular flexibility index (Phi) is 4.62. The van der Waals surface area contributed by atoms with Gasteiger partial charge in [0.25, 0.3) is 0 Å². The quantitative estimate of drug-likeness (QED) is 0.830. The van der Waals surface area contributed by atoms with Gasteiger partial charge in [0.05, 0.1) is 12.8 Å². The fourth-order valence-electron chi connectivity index (χ4n) is 1.19. The number of rotatable bonds is 2. The maximum Gasteiger partial charge on any atom is 0.412 e. The van der Waals surface area contributed by atoms with E-state index in [1.54, 1.807) is 13.2 Å². The van der Waals surface area contributed by atoms with Crippen LogP contribution in [0.5, 0.6) is 5.75 Å². The maximum absolute atomic E-state index is 11.6. The number of carbonyl (C=O) groups is 1. The van der Waals surface area contributed by atoms with Crippen LogP contribution >= 0.6 is 22.6 Å². The van der Waals surface area contributed by atoms with Crippen molar-refractivity contribution in [1.29, 1.82) is 0 Å². The van der Waals surface area contributed by atoms with Gasteiger partial charge in [0.15, 0.2) is 0 Å². The number of amides is 1. The van der Waals surface area contributed by atoms with Crippen molar-refractivity contribution in [2.45, 2.75) is 26.4 Å². The van der Waals surface area contributed by atoms with E-state index in [-0.39, 0.29) is 0 Å². The SMILES string of the molecule is COc1ccc(I)cc1NC(=O)OC(C)(C)C. The van der Waals surface area contributed by atoms with Crippen LogP contribution in [0.4, 0.5) is 10.5 Å². The highest BCUT2D eigenvalue weighted by Crippen LogP contribution is 2.26. The molecule has 1 aromatic rings. The Hall–Kier alpha value is -0.980. The second kappa shape index (κ2) is 5.57. The summed E-state index contributed by atoms with van der Waals surface area (Å²) in [4.78, 5) is 11.6. The molecule has 0 heterocycles. The lowest BCUT2D eigenvalue weighted by atomic mass is 10.2. The van der Waals surface area contributed by atoms with Gasteiger partial charge in [-0.05, 0) is 61.6 Å². The first kappa shape index (κ1) is 14.1.